The molecular formula is C13H16N4O. The van der Waals surface area contributed by atoms with Crippen molar-refractivity contribution in [2.24, 2.45) is 5.73 Å². The molecule has 18 heavy (non-hydrogen) atoms. The zero-order valence-corrected chi connectivity index (χ0v) is 11.0. The summed E-state index contributed by atoms with van der Waals surface area (Å²) in [6, 6.07) is 3.78. The number of primary amides is 1. The molecule has 0 spiro atoms. The lowest BCUT2D eigenvalue weighted by molar-refractivity contribution is 0.0999. The lowest BCUT2D eigenvalue weighted by Gasteiger charge is -2.11. The van der Waals surface area contributed by atoms with Crippen molar-refractivity contribution in [2.75, 3.05) is 0 Å². The van der Waals surface area contributed by atoms with Crippen LogP contribution in [0.3, 0.4) is 0 Å². The molecule has 0 unspecified atom stereocenters. The maximum atomic E-state index is 11.6. The molecule has 0 aliphatic heterocycles. The number of aryl methyl sites for hydroxylation is 4. The van der Waals surface area contributed by atoms with E-state index in [1.54, 1.807) is 4.68 Å². The first kappa shape index (κ1) is 12.3. The fraction of sp³-hybridized carbons (Fsp3) is 0.308. The van der Waals surface area contributed by atoms with Gasteiger partial charge in [0.05, 0.1) is 11.3 Å². The molecule has 2 N–H and O–H groups in total. The molecule has 0 saturated carbocycles. The first-order valence-electron chi connectivity index (χ1n) is 5.72. The Labute approximate surface area is 106 Å². The van der Waals surface area contributed by atoms with E-state index >= 15 is 0 Å². The zero-order chi connectivity index (χ0) is 13.4. The van der Waals surface area contributed by atoms with Crippen LogP contribution in [0.1, 0.15) is 33.0 Å². The Bertz CT molecular complexity index is 628. The molecule has 1 amide bonds. The van der Waals surface area contributed by atoms with Gasteiger partial charge in [-0.2, -0.15) is 5.10 Å². The van der Waals surface area contributed by atoms with Crippen LogP contribution >= 0.6 is 0 Å². The van der Waals surface area contributed by atoms with Crippen LogP contribution in [0.5, 0.6) is 0 Å². The molecule has 5 heteroatoms. The van der Waals surface area contributed by atoms with Crippen molar-refractivity contribution >= 4 is 5.91 Å². The van der Waals surface area contributed by atoms with Gasteiger partial charge >= 0.3 is 0 Å². The molecule has 0 bridgehead atoms. The van der Waals surface area contributed by atoms with Gasteiger partial charge in [0, 0.05) is 11.4 Å². The van der Waals surface area contributed by atoms with E-state index in [1.165, 1.54) is 0 Å². The summed E-state index contributed by atoms with van der Waals surface area (Å²) in [5.41, 5.74) is 9.32. The van der Waals surface area contributed by atoms with Gasteiger partial charge in [0.2, 0.25) is 0 Å². The summed E-state index contributed by atoms with van der Waals surface area (Å²) in [5, 5.41) is 4.35. The Morgan fingerprint density at radius 3 is 2.33 bits per heavy atom. The number of hydrogen-bond donors (Lipinski definition) is 1. The van der Waals surface area contributed by atoms with Gasteiger partial charge < -0.3 is 5.73 Å². The molecule has 2 aromatic heterocycles. The van der Waals surface area contributed by atoms with Gasteiger partial charge in [-0.05, 0) is 45.4 Å². The Kier molecular flexibility index (Phi) is 2.90. The molecule has 0 aliphatic carbocycles. The molecule has 0 atom stereocenters. The average molecular weight is 244 g/mol. The number of nitrogens with zero attached hydrogens (tertiary/aromatic N) is 3. The maximum absolute atomic E-state index is 11.6. The minimum absolute atomic E-state index is 0.423. The predicted octanol–water partition coefficient (Wildman–Crippen LogP) is 1.60. The average Bonchev–Trinajstić information content (AvgIpc) is 2.55. The normalized spacial score (nSPS) is 10.7. The number of rotatable bonds is 2. The summed E-state index contributed by atoms with van der Waals surface area (Å²) >= 11 is 0. The first-order chi connectivity index (χ1) is 8.40. The molecule has 2 heterocycles. The SMILES string of the molecule is Cc1cc(C)c(C(N)=O)c(-n2nc(C)cc2C)n1. The molecule has 0 aromatic carbocycles. The third-order valence-corrected chi connectivity index (χ3v) is 2.78. The van der Waals surface area contributed by atoms with Crippen molar-refractivity contribution in [3.8, 4) is 5.82 Å². The lowest BCUT2D eigenvalue weighted by atomic mass is 10.1. The molecule has 2 rings (SSSR count). The van der Waals surface area contributed by atoms with E-state index in [0.717, 1.165) is 22.6 Å². The molecule has 0 radical (unpaired) electrons. The summed E-state index contributed by atoms with van der Waals surface area (Å²) in [4.78, 5) is 16.0. The number of carbonyl (C=O) groups excluding carboxylic acids is 1. The van der Waals surface area contributed by atoms with Crippen LogP contribution in [-0.2, 0) is 0 Å². The van der Waals surface area contributed by atoms with E-state index in [9.17, 15) is 4.79 Å². The number of nitrogens with two attached hydrogens (primary N) is 1. The number of aromatic nitrogens is 3. The highest BCUT2D eigenvalue weighted by molar-refractivity contribution is 5.97. The van der Waals surface area contributed by atoms with Crippen LogP contribution in [0, 0.1) is 27.7 Å². The Balaban J connectivity index is 2.77. The van der Waals surface area contributed by atoms with E-state index in [1.807, 2.05) is 39.8 Å². The van der Waals surface area contributed by atoms with Crippen LogP contribution in [0.25, 0.3) is 5.82 Å². The van der Waals surface area contributed by atoms with Crippen LogP contribution in [0.15, 0.2) is 12.1 Å². The quantitative estimate of drug-likeness (QED) is 0.872. The summed E-state index contributed by atoms with van der Waals surface area (Å²) < 4.78 is 1.66. The fourth-order valence-corrected chi connectivity index (χ4v) is 2.12. The summed E-state index contributed by atoms with van der Waals surface area (Å²) in [5.74, 6) is 0.0214. The molecule has 0 saturated heterocycles. The van der Waals surface area contributed by atoms with Crippen molar-refractivity contribution in [2.45, 2.75) is 27.7 Å². The summed E-state index contributed by atoms with van der Waals surface area (Å²) in [7, 11) is 0. The van der Waals surface area contributed by atoms with E-state index in [2.05, 4.69) is 10.1 Å². The second kappa shape index (κ2) is 4.25. The van der Waals surface area contributed by atoms with Gasteiger partial charge in [0.15, 0.2) is 5.82 Å². The highest BCUT2D eigenvalue weighted by Crippen LogP contribution is 2.19. The van der Waals surface area contributed by atoms with Gasteiger partial charge in [-0.1, -0.05) is 0 Å². The van der Waals surface area contributed by atoms with Crippen LogP contribution < -0.4 is 5.73 Å². The Hall–Kier alpha value is -2.17. The minimum atomic E-state index is -0.484. The highest BCUT2D eigenvalue weighted by atomic mass is 16.1. The van der Waals surface area contributed by atoms with Gasteiger partial charge in [-0.15, -0.1) is 0 Å². The van der Waals surface area contributed by atoms with E-state index < -0.39 is 5.91 Å². The molecule has 94 valence electrons. The van der Waals surface area contributed by atoms with E-state index in [-0.39, 0.29) is 0 Å². The van der Waals surface area contributed by atoms with Crippen LogP contribution in [-0.4, -0.2) is 20.7 Å². The number of carbonyl (C=O) groups is 1. The van der Waals surface area contributed by atoms with Crippen molar-refractivity contribution in [1.82, 2.24) is 14.8 Å². The minimum Gasteiger partial charge on any atom is -0.365 e. The van der Waals surface area contributed by atoms with E-state index in [4.69, 9.17) is 5.73 Å². The summed E-state index contributed by atoms with van der Waals surface area (Å²) in [6.45, 7) is 7.55. The maximum Gasteiger partial charge on any atom is 0.252 e. The first-order valence-corrected chi connectivity index (χ1v) is 5.72. The standard InChI is InChI=1S/C13H16N4O/c1-7-5-8(2)15-13(11(7)12(14)18)17-10(4)6-9(3)16-17/h5-6H,1-4H3,(H2,14,18). The molecule has 5 nitrogen and oxygen atoms in total. The van der Waals surface area contributed by atoms with Gasteiger partial charge in [-0.3, -0.25) is 4.79 Å². The molecule has 0 fully saturated rings. The van der Waals surface area contributed by atoms with Gasteiger partial charge in [0.25, 0.3) is 5.91 Å². The second-order valence-corrected chi connectivity index (χ2v) is 4.48. The van der Waals surface area contributed by atoms with Gasteiger partial charge in [-0.25, -0.2) is 9.67 Å². The zero-order valence-electron chi connectivity index (χ0n) is 11.0. The predicted molar refractivity (Wildman–Crippen MR) is 68.8 cm³/mol. The number of amides is 1. The topological polar surface area (TPSA) is 73.8 Å². The third kappa shape index (κ3) is 1.99. The number of hydrogen-bond acceptors (Lipinski definition) is 3. The van der Waals surface area contributed by atoms with Crippen molar-refractivity contribution in [3.63, 3.8) is 0 Å². The van der Waals surface area contributed by atoms with Crippen LogP contribution in [0.4, 0.5) is 0 Å². The number of pyridine rings is 1. The Morgan fingerprint density at radius 2 is 1.83 bits per heavy atom. The monoisotopic (exact) mass is 244 g/mol. The van der Waals surface area contributed by atoms with Crippen LogP contribution in [0.2, 0.25) is 0 Å². The fourth-order valence-electron chi connectivity index (χ4n) is 2.12. The Morgan fingerprint density at radius 1 is 1.17 bits per heavy atom. The third-order valence-electron chi connectivity index (χ3n) is 2.78. The second-order valence-electron chi connectivity index (χ2n) is 4.48. The van der Waals surface area contributed by atoms with Gasteiger partial charge in [0.1, 0.15) is 0 Å². The van der Waals surface area contributed by atoms with Crippen molar-refractivity contribution < 1.29 is 4.79 Å². The lowest BCUT2D eigenvalue weighted by Crippen LogP contribution is -2.19. The van der Waals surface area contributed by atoms with E-state index in [0.29, 0.717) is 11.4 Å². The summed E-state index contributed by atoms with van der Waals surface area (Å²) in [6.07, 6.45) is 0. The largest absolute Gasteiger partial charge is 0.365 e. The molecule has 0 aliphatic rings. The molecule has 2 aromatic rings. The highest BCUT2D eigenvalue weighted by Gasteiger charge is 2.17. The molecular weight excluding hydrogens is 228 g/mol. The van der Waals surface area contributed by atoms with Crippen molar-refractivity contribution in [3.05, 3.63) is 40.3 Å². The smallest absolute Gasteiger partial charge is 0.252 e. The van der Waals surface area contributed by atoms with Crippen molar-refractivity contribution in [1.29, 1.82) is 0 Å².